The smallest absolute Gasteiger partial charge is 0.257 e. The summed E-state index contributed by atoms with van der Waals surface area (Å²) in [7, 11) is -3.74. The number of sulfonamides is 1. The van der Waals surface area contributed by atoms with Crippen molar-refractivity contribution >= 4 is 26.8 Å². The van der Waals surface area contributed by atoms with Gasteiger partial charge in [0.2, 0.25) is 22.2 Å². The first-order valence-electron chi connectivity index (χ1n) is 12.1. The van der Waals surface area contributed by atoms with Gasteiger partial charge in [0.1, 0.15) is 5.56 Å². The molecule has 5 rings (SSSR count). The Labute approximate surface area is 209 Å². The third kappa shape index (κ3) is 4.46. The highest BCUT2D eigenvalue weighted by atomic mass is 32.2. The zero-order valence-electron chi connectivity index (χ0n) is 20.3. The number of piperidine rings is 1. The number of aryl methyl sites for hydroxylation is 1. The number of pyridine rings is 1. The minimum absolute atomic E-state index is 0.0357. The Bertz CT molecular complexity index is 1490. The fourth-order valence-corrected chi connectivity index (χ4v) is 6.16. The average Bonchev–Trinajstić information content (AvgIpc) is 3.35. The summed E-state index contributed by atoms with van der Waals surface area (Å²) in [5, 5.41) is 3.00. The molecule has 10 heteroatoms. The van der Waals surface area contributed by atoms with Crippen molar-refractivity contribution in [1.82, 2.24) is 14.2 Å². The molecule has 2 aromatic carbocycles. The number of carbonyl (C=O) groups excluding carboxylic acids is 1. The molecule has 9 nitrogen and oxygen atoms in total. The fourth-order valence-electron chi connectivity index (χ4n) is 4.66. The van der Waals surface area contributed by atoms with Gasteiger partial charge >= 0.3 is 0 Å². The molecular formula is C26H29N3O6S. The van der Waals surface area contributed by atoms with Crippen molar-refractivity contribution in [2.24, 2.45) is 5.92 Å². The van der Waals surface area contributed by atoms with E-state index in [4.69, 9.17) is 9.47 Å². The Morgan fingerprint density at radius 2 is 1.83 bits per heavy atom. The number of hydrogen-bond donors (Lipinski definition) is 1. The van der Waals surface area contributed by atoms with Crippen LogP contribution in [0.3, 0.4) is 0 Å². The first-order valence-corrected chi connectivity index (χ1v) is 13.6. The van der Waals surface area contributed by atoms with Crippen molar-refractivity contribution in [1.29, 1.82) is 0 Å². The summed E-state index contributed by atoms with van der Waals surface area (Å²) in [6, 6.07) is 9.97. The fraction of sp³-hybridized carbons (Fsp3) is 0.385. The van der Waals surface area contributed by atoms with Crippen LogP contribution in [0.15, 0.2) is 52.3 Å². The van der Waals surface area contributed by atoms with Crippen LogP contribution in [0.1, 0.15) is 42.6 Å². The van der Waals surface area contributed by atoms with Crippen LogP contribution in [-0.4, -0.2) is 43.1 Å². The molecule has 0 saturated carbocycles. The number of fused-ring (bicyclic) bond motifs is 2. The largest absolute Gasteiger partial charge is 0.454 e. The molecule has 1 aromatic heterocycles. The summed E-state index contributed by atoms with van der Waals surface area (Å²) in [5.74, 6) is 1.22. The number of aromatic nitrogens is 1. The van der Waals surface area contributed by atoms with Gasteiger partial charge in [-0.15, -0.1) is 0 Å². The Morgan fingerprint density at radius 1 is 1.08 bits per heavy atom. The van der Waals surface area contributed by atoms with E-state index in [1.807, 2.05) is 13.0 Å². The number of carbonyl (C=O) groups is 1. The van der Waals surface area contributed by atoms with Gasteiger partial charge in [0.25, 0.3) is 5.91 Å². The Kier molecular flexibility index (Phi) is 6.48. The molecule has 36 heavy (non-hydrogen) atoms. The highest BCUT2D eigenvalue weighted by molar-refractivity contribution is 7.89. The van der Waals surface area contributed by atoms with E-state index in [-0.39, 0.29) is 29.2 Å². The maximum Gasteiger partial charge on any atom is 0.257 e. The number of benzene rings is 2. The number of ether oxygens (including phenoxy) is 2. The zero-order valence-corrected chi connectivity index (χ0v) is 21.1. The monoisotopic (exact) mass is 511 g/mol. The highest BCUT2D eigenvalue weighted by Gasteiger charge is 2.29. The first kappa shape index (κ1) is 24.3. The minimum atomic E-state index is -3.74. The lowest BCUT2D eigenvalue weighted by Crippen LogP contribution is -2.38. The van der Waals surface area contributed by atoms with Crippen molar-refractivity contribution in [3.05, 3.63) is 63.9 Å². The summed E-state index contributed by atoms with van der Waals surface area (Å²) in [6.45, 7) is 5.81. The lowest BCUT2D eigenvalue weighted by Gasteiger charge is -2.29. The molecular weight excluding hydrogens is 482 g/mol. The third-order valence-corrected chi connectivity index (χ3v) is 8.80. The Hall–Kier alpha value is -3.37. The molecule has 1 saturated heterocycles. The molecule has 0 bridgehead atoms. The molecule has 0 atom stereocenters. The van der Waals surface area contributed by atoms with E-state index in [0.717, 1.165) is 18.4 Å². The molecule has 1 N–H and O–H groups in total. The molecule has 190 valence electrons. The van der Waals surface area contributed by atoms with E-state index in [1.165, 1.54) is 16.6 Å². The summed E-state index contributed by atoms with van der Waals surface area (Å²) in [5.41, 5.74) is 0.850. The second-order valence-electron chi connectivity index (χ2n) is 9.29. The molecule has 3 aromatic rings. The topological polar surface area (TPSA) is 107 Å². The van der Waals surface area contributed by atoms with Crippen molar-refractivity contribution in [2.45, 2.75) is 44.7 Å². The molecule has 0 spiro atoms. The quantitative estimate of drug-likeness (QED) is 0.545. The normalized spacial score (nSPS) is 16.4. The lowest BCUT2D eigenvalue weighted by molar-refractivity contribution is 0.0949. The van der Waals surface area contributed by atoms with Crippen LogP contribution >= 0.6 is 0 Å². The molecule has 0 aliphatic carbocycles. The molecule has 0 radical (unpaired) electrons. The summed E-state index contributed by atoms with van der Waals surface area (Å²) >= 11 is 0. The van der Waals surface area contributed by atoms with E-state index in [2.05, 4.69) is 12.2 Å². The van der Waals surface area contributed by atoms with Crippen LogP contribution in [0.25, 0.3) is 10.9 Å². The SMILES string of the molecule is CCn1cc(C(=O)NCc2ccc3c(c2)OCO3)c(=O)c2cc(S(=O)(=O)N3CCC(C)CC3)ccc21. The minimum Gasteiger partial charge on any atom is -0.454 e. The average molecular weight is 512 g/mol. The summed E-state index contributed by atoms with van der Waals surface area (Å²) in [6.07, 6.45) is 3.14. The predicted molar refractivity (Wildman–Crippen MR) is 135 cm³/mol. The predicted octanol–water partition coefficient (Wildman–Crippen LogP) is 3.10. The van der Waals surface area contributed by atoms with Crippen molar-refractivity contribution in [2.75, 3.05) is 19.9 Å². The molecule has 3 heterocycles. The van der Waals surface area contributed by atoms with Crippen LogP contribution in [0.2, 0.25) is 0 Å². The third-order valence-electron chi connectivity index (χ3n) is 6.91. The number of nitrogens with one attached hydrogen (secondary N) is 1. The first-order chi connectivity index (χ1) is 17.3. The van der Waals surface area contributed by atoms with Crippen molar-refractivity contribution < 1.29 is 22.7 Å². The van der Waals surface area contributed by atoms with Gasteiger partial charge in [-0.1, -0.05) is 13.0 Å². The second kappa shape index (κ2) is 9.59. The molecule has 0 unspecified atom stereocenters. The Balaban J connectivity index is 1.45. The maximum atomic E-state index is 13.4. The number of rotatable bonds is 6. The van der Waals surface area contributed by atoms with Gasteiger partial charge in [-0.2, -0.15) is 4.31 Å². The van der Waals surface area contributed by atoms with Crippen LogP contribution in [-0.2, 0) is 23.1 Å². The van der Waals surface area contributed by atoms with E-state index < -0.39 is 21.4 Å². The van der Waals surface area contributed by atoms with Crippen LogP contribution < -0.4 is 20.2 Å². The standard InChI is InChI=1S/C26H29N3O6S/c1-3-28-15-21(26(31)27-14-18-4-7-23-24(12-18)35-16-34-23)25(30)20-13-19(5-6-22(20)28)36(32,33)29-10-8-17(2)9-11-29/h4-7,12-13,15,17H,3,8-11,14,16H2,1-2H3,(H,27,31). The van der Waals surface area contributed by atoms with Gasteiger partial charge in [-0.05, 0) is 61.6 Å². The maximum absolute atomic E-state index is 13.4. The molecule has 2 aliphatic rings. The lowest BCUT2D eigenvalue weighted by atomic mass is 10.0. The van der Waals surface area contributed by atoms with Gasteiger partial charge in [-0.3, -0.25) is 9.59 Å². The summed E-state index contributed by atoms with van der Waals surface area (Å²) in [4.78, 5) is 26.5. The van der Waals surface area contributed by atoms with Gasteiger partial charge in [0.15, 0.2) is 11.5 Å². The van der Waals surface area contributed by atoms with Crippen molar-refractivity contribution in [3.63, 3.8) is 0 Å². The molecule has 1 fully saturated rings. The second-order valence-corrected chi connectivity index (χ2v) is 11.2. The van der Waals surface area contributed by atoms with Gasteiger partial charge in [-0.25, -0.2) is 8.42 Å². The van der Waals surface area contributed by atoms with E-state index in [0.29, 0.717) is 42.6 Å². The zero-order chi connectivity index (χ0) is 25.4. The van der Waals surface area contributed by atoms with Gasteiger partial charge in [0.05, 0.1) is 10.4 Å². The number of nitrogens with zero attached hydrogens (tertiary/aromatic N) is 2. The molecule has 2 aliphatic heterocycles. The van der Waals surface area contributed by atoms with E-state index >= 15 is 0 Å². The van der Waals surface area contributed by atoms with Crippen LogP contribution in [0, 0.1) is 5.92 Å². The van der Waals surface area contributed by atoms with Crippen LogP contribution in [0.4, 0.5) is 0 Å². The van der Waals surface area contributed by atoms with Crippen molar-refractivity contribution in [3.8, 4) is 11.5 Å². The van der Waals surface area contributed by atoms with E-state index in [1.54, 1.807) is 28.8 Å². The van der Waals surface area contributed by atoms with Gasteiger partial charge in [0, 0.05) is 37.8 Å². The Morgan fingerprint density at radius 3 is 2.58 bits per heavy atom. The molecule has 1 amide bonds. The number of amides is 1. The van der Waals surface area contributed by atoms with E-state index in [9.17, 15) is 18.0 Å². The number of hydrogen-bond acceptors (Lipinski definition) is 6. The van der Waals surface area contributed by atoms with Gasteiger partial charge < -0.3 is 19.4 Å². The summed E-state index contributed by atoms with van der Waals surface area (Å²) < 4.78 is 40.5. The van der Waals surface area contributed by atoms with Crippen LogP contribution in [0.5, 0.6) is 11.5 Å². The highest BCUT2D eigenvalue weighted by Crippen LogP contribution is 2.32.